The van der Waals surface area contributed by atoms with Gasteiger partial charge in [0.1, 0.15) is 5.76 Å². The van der Waals surface area contributed by atoms with E-state index in [0.29, 0.717) is 12.3 Å². The van der Waals surface area contributed by atoms with Crippen LogP contribution >= 0.6 is 0 Å². The van der Waals surface area contributed by atoms with E-state index >= 15 is 0 Å². The molecule has 1 atom stereocenters. The Hall–Kier alpha value is -1.70. The van der Waals surface area contributed by atoms with Gasteiger partial charge in [-0.1, -0.05) is 6.07 Å². The molecule has 0 aliphatic rings. The van der Waals surface area contributed by atoms with Crippen LogP contribution in [0.25, 0.3) is 0 Å². The monoisotopic (exact) mass is 281 g/mol. The van der Waals surface area contributed by atoms with E-state index in [4.69, 9.17) is 10.2 Å². The molecule has 3 N–H and O–H groups in total. The normalized spacial score (nSPS) is 13.4. The van der Waals surface area contributed by atoms with E-state index in [1.54, 1.807) is 25.1 Å². The van der Waals surface area contributed by atoms with Crippen molar-refractivity contribution in [3.63, 3.8) is 0 Å². The van der Waals surface area contributed by atoms with Gasteiger partial charge >= 0.3 is 0 Å². The number of furan rings is 1. The highest BCUT2D eigenvalue weighted by Gasteiger charge is 2.20. The number of rotatable bonds is 5. The molecule has 2 aromatic heterocycles. The fourth-order valence-corrected chi connectivity index (χ4v) is 2.72. The summed E-state index contributed by atoms with van der Waals surface area (Å²) in [5, 5.41) is -0.0388. The lowest BCUT2D eigenvalue weighted by Gasteiger charge is -2.11. The minimum atomic E-state index is -3.67. The summed E-state index contributed by atoms with van der Waals surface area (Å²) in [5.74, 6) is 0.544. The highest BCUT2D eigenvalue weighted by atomic mass is 32.2. The first-order chi connectivity index (χ1) is 9.03. The lowest BCUT2D eigenvalue weighted by atomic mass is 10.3. The second-order valence-electron chi connectivity index (χ2n) is 4.07. The first-order valence-electron chi connectivity index (χ1n) is 5.73. The Morgan fingerprint density at radius 1 is 1.42 bits per heavy atom. The van der Waals surface area contributed by atoms with Crippen molar-refractivity contribution >= 4 is 10.0 Å². The van der Waals surface area contributed by atoms with Crippen LogP contribution in [0.4, 0.5) is 0 Å². The fraction of sp³-hybridized carbons (Fsp3) is 0.250. The number of nitrogens with zero attached hydrogens (tertiary/aromatic N) is 1. The number of nitrogens with one attached hydrogen (secondary N) is 1. The number of hydrogen-bond donors (Lipinski definition) is 2. The predicted molar refractivity (Wildman–Crippen MR) is 69.6 cm³/mol. The molecule has 0 aromatic carbocycles. The lowest BCUT2D eigenvalue weighted by Crippen LogP contribution is -2.27. The van der Waals surface area contributed by atoms with Gasteiger partial charge in [0, 0.05) is 12.7 Å². The Morgan fingerprint density at radius 3 is 2.74 bits per heavy atom. The third-order valence-electron chi connectivity index (χ3n) is 2.61. The van der Waals surface area contributed by atoms with Crippen LogP contribution in [0, 0.1) is 0 Å². The summed E-state index contributed by atoms with van der Waals surface area (Å²) in [6, 6.07) is 6.02. The molecule has 0 bridgehead atoms. The molecule has 7 heteroatoms. The molecule has 2 aromatic rings. The van der Waals surface area contributed by atoms with Crippen LogP contribution in [0.1, 0.15) is 24.3 Å². The average molecular weight is 281 g/mol. The van der Waals surface area contributed by atoms with Crippen LogP contribution < -0.4 is 10.5 Å². The summed E-state index contributed by atoms with van der Waals surface area (Å²) >= 11 is 0. The van der Waals surface area contributed by atoms with E-state index in [2.05, 4.69) is 9.71 Å². The molecule has 0 radical (unpaired) electrons. The molecular weight excluding hydrogens is 266 g/mol. The van der Waals surface area contributed by atoms with E-state index in [-0.39, 0.29) is 5.03 Å². The number of pyridine rings is 1. The van der Waals surface area contributed by atoms with Crippen molar-refractivity contribution < 1.29 is 12.8 Å². The highest BCUT2D eigenvalue weighted by Crippen LogP contribution is 2.16. The van der Waals surface area contributed by atoms with Gasteiger partial charge in [-0.2, -0.15) is 4.72 Å². The minimum Gasteiger partial charge on any atom is -0.468 e. The minimum absolute atomic E-state index is 0.0388. The molecular formula is C12H15N3O3S. The van der Waals surface area contributed by atoms with Crippen LogP contribution in [-0.4, -0.2) is 13.4 Å². The molecule has 0 aliphatic carbocycles. The quantitative estimate of drug-likeness (QED) is 0.857. The first kappa shape index (κ1) is 13.7. The van der Waals surface area contributed by atoms with E-state index in [1.807, 2.05) is 0 Å². The third-order valence-corrected chi connectivity index (χ3v) is 4.07. The van der Waals surface area contributed by atoms with E-state index in [0.717, 1.165) is 5.56 Å². The molecule has 2 rings (SSSR count). The average Bonchev–Trinajstić information content (AvgIpc) is 2.92. The van der Waals surface area contributed by atoms with Gasteiger partial charge in [-0.05, 0) is 30.7 Å². The molecule has 2 heterocycles. The van der Waals surface area contributed by atoms with Gasteiger partial charge in [0.05, 0.1) is 12.3 Å². The van der Waals surface area contributed by atoms with Crippen molar-refractivity contribution in [2.24, 2.45) is 5.73 Å². The Morgan fingerprint density at radius 2 is 2.21 bits per heavy atom. The molecule has 0 saturated carbocycles. The molecule has 6 nitrogen and oxygen atoms in total. The van der Waals surface area contributed by atoms with Gasteiger partial charge in [-0.15, -0.1) is 0 Å². The Labute approximate surface area is 111 Å². The van der Waals surface area contributed by atoms with Crippen molar-refractivity contribution in [3.05, 3.63) is 48.0 Å². The van der Waals surface area contributed by atoms with Gasteiger partial charge in [0.15, 0.2) is 5.03 Å². The molecule has 0 aliphatic heterocycles. The Bertz CT molecular complexity index is 621. The standard InChI is InChI=1S/C12H15N3O3S/c1-9(11-3-2-6-18-11)15-19(16,17)12-5-4-10(7-13)8-14-12/h2-6,8-9,15H,7,13H2,1H3. The fourth-order valence-electron chi connectivity index (χ4n) is 1.58. The third kappa shape index (κ3) is 3.19. The summed E-state index contributed by atoms with van der Waals surface area (Å²) in [6.45, 7) is 2.02. The number of aromatic nitrogens is 1. The van der Waals surface area contributed by atoms with Crippen molar-refractivity contribution in [1.82, 2.24) is 9.71 Å². The maximum Gasteiger partial charge on any atom is 0.258 e. The lowest BCUT2D eigenvalue weighted by molar-refractivity contribution is 0.459. The van der Waals surface area contributed by atoms with Gasteiger partial charge in [-0.3, -0.25) is 0 Å². The Kier molecular flexibility index (Phi) is 3.98. The van der Waals surface area contributed by atoms with Crippen molar-refractivity contribution in [2.75, 3.05) is 0 Å². The van der Waals surface area contributed by atoms with Gasteiger partial charge in [0.25, 0.3) is 10.0 Å². The maximum atomic E-state index is 12.1. The summed E-state index contributed by atoms with van der Waals surface area (Å²) in [5.41, 5.74) is 6.21. The molecule has 19 heavy (non-hydrogen) atoms. The molecule has 0 spiro atoms. The molecule has 0 fully saturated rings. The van der Waals surface area contributed by atoms with Crippen LogP contribution in [0.15, 0.2) is 46.2 Å². The number of hydrogen-bond acceptors (Lipinski definition) is 5. The van der Waals surface area contributed by atoms with Gasteiger partial charge in [-0.25, -0.2) is 13.4 Å². The van der Waals surface area contributed by atoms with E-state index in [9.17, 15) is 8.42 Å². The second kappa shape index (κ2) is 5.52. The Balaban J connectivity index is 2.17. The van der Waals surface area contributed by atoms with Crippen LogP contribution in [0.3, 0.4) is 0 Å². The van der Waals surface area contributed by atoms with Crippen molar-refractivity contribution in [1.29, 1.82) is 0 Å². The molecule has 0 saturated heterocycles. The maximum absolute atomic E-state index is 12.1. The van der Waals surface area contributed by atoms with Gasteiger partial charge < -0.3 is 10.2 Å². The summed E-state index contributed by atoms with van der Waals surface area (Å²) < 4.78 is 31.8. The van der Waals surface area contributed by atoms with Crippen LogP contribution in [-0.2, 0) is 16.6 Å². The van der Waals surface area contributed by atoms with Crippen LogP contribution in [0.2, 0.25) is 0 Å². The first-order valence-corrected chi connectivity index (χ1v) is 7.22. The predicted octanol–water partition coefficient (Wildman–Crippen LogP) is 1.17. The van der Waals surface area contributed by atoms with Crippen molar-refractivity contribution in [2.45, 2.75) is 24.5 Å². The topological polar surface area (TPSA) is 98.2 Å². The molecule has 102 valence electrons. The second-order valence-corrected chi connectivity index (χ2v) is 5.73. The number of sulfonamides is 1. The van der Waals surface area contributed by atoms with E-state index in [1.165, 1.54) is 18.5 Å². The SMILES string of the molecule is CC(NS(=O)(=O)c1ccc(CN)cn1)c1ccco1. The summed E-state index contributed by atoms with van der Waals surface area (Å²) in [6.07, 6.45) is 2.94. The van der Waals surface area contributed by atoms with E-state index < -0.39 is 16.1 Å². The zero-order chi connectivity index (χ0) is 13.9. The molecule has 1 unspecified atom stereocenters. The highest BCUT2D eigenvalue weighted by molar-refractivity contribution is 7.89. The van der Waals surface area contributed by atoms with Crippen LogP contribution in [0.5, 0.6) is 0 Å². The summed E-state index contributed by atoms with van der Waals surface area (Å²) in [4.78, 5) is 3.89. The zero-order valence-electron chi connectivity index (χ0n) is 10.4. The van der Waals surface area contributed by atoms with Crippen molar-refractivity contribution in [3.8, 4) is 0 Å². The van der Waals surface area contributed by atoms with Gasteiger partial charge in [0.2, 0.25) is 0 Å². The zero-order valence-corrected chi connectivity index (χ0v) is 11.2. The number of nitrogens with two attached hydrogens (primary N) is 1. The molecule has 0 amide bonds. The largest absolute Gasteiger partial charge is 0.468 e. The smallest absolute Gasteiger partial charge is 0.258 e. The summed E-state index contributed by atoms with van der Waals surface area (Å²) in [7, 11) is -3.67.